The fourth-order valence-electron chi connectivity index (χ4n) is 1.72. The number of imidazole rings is 1. The zero-order valence-corrected chi connectivity index (χ0v) is 12.6. The van der Waals surface area contributed by atoms with Gasteiger partial charge in [0, 0.05) is 25.8 Å². The SMILES string of the molecule is CCCn1cc(S(=O)(=O)N(C)C(C)CC#N)nc1C. The molecule has 7 heteroatoms. The van der Waals surface area contributed by atoms with Crippen LogP contribution in [0.3, 0.4) is 0 Å². The van der Waals surface area contributed by atoms with Crippen molar-refractivity contribution in [2.45, 2.75) is 51.2 Å². The van der Waals surface area contributed by atoms with Gasteiger partial charge in [-0.3, -0.25) is 0 Å². The molecule has 19 heavy (non-hydrogen) atoms. The normalized spacial score (nSPS) is 13.5. The lowest BCUT2D eigenvalue weighted by Crippen LogP contribution is -2.35. The highest BCUT2D eigenvalue weighted by molar-refractivity contribution is 7.89. The second kappa shape index (κ2) is 6.17. The largest absolute Gasteiger partial charge is 0.334 e. The first-order valence-corrected chi connectivity index (χ1v) is 7.67. The third kappa shape index (κ3) is 3.33. The number of hydrogen-bond donors (Lipinski definition) is 0. The molecule has 0 saturated carbocycles. The minimum Gasteiger partial charge on any atom is -0.334 e. The highest BCUT2D eigenvalue weighted by Gasteiger charge is 2.28. The quantitative estimate of drug-likeness (QED) is 0.793. The number of nitriles is 1. The van der Waals surface area contributed by atoms with Crippen LogP contribution in [-0.2, 0) is 16.6 Å². The molecule has 0 amide bonds. The van der Waals surface area contributed by atoms with Gasteiger partial charge in [-0.15, -0.1) is 0 Å². The molecule has 0 radical (unpaired) electrons. The Labute approximate surface area is 114 Å². The molecule has 0 aromatic carbocycles. The van der Waals surface area contributed by atoms with Crippen LogP contribution in [0.15, 0.2) is 11.2 Å². The maximum absolute atomic E-state index is 12.4. The summed E-state index contributed by atoms with van der Waals surface area (Å²) in [6.07, 6.45) is 2.63. The molecule has 0 fully saturated rings. The van der Waals surface area contributed by atoms with E-state index in [0.29, 0.717) is 5.82 Å². The first-order valence-electron chi connectivity index (χ1n) is 6.23. The molecule has 1 aromatic rings. The van der Waals surface area contributed by atoms with E-state index >= 15 is 0 Å². The smallest absolute Gasteiger partial charge is 0.262 e. The summed E-state index contributed by atoms with van der Waals surface area (Å²) in [4.78, 5) is 4.11. The molecule has 0 aliphatic heterocycles. The summed E-state index contributed by atoms with van der Waals surface area (Å²) >= 11 is 0. The lowest BCUT2D eigenvalue weighted by atomic mass is 10.3. The molecule has 106 valence electrons. The van der Waals surface area contributed by atoms with Crippen molar-refractivity contribution in [3.05, 3.63) is 12.0 Å². The average molecular weight is 284 g/mol. The molecule has 1 heterocycles. The third-order valence-corrected chi connectivity index (χ3v) is 4.91. The van der Waals surface area contributed by atoms with E-state index in [4.69, 9.17) is 5.26 Å². The second-order valence-corrected chi connectivity index (χ2v) is 6.50. The highest BCUT2D eigenvalue weighted by atomic mass is 32.2. The van der Waals surface area contributed by atoms with Crippen LogP contribution in [0.1, 0.15) is 32.5 Å². The summed E-state index contributed by atoms with van der Waals surface area (Å²) in [5.41, 5.74) is 0. The van der Waals surface area contributed by atoms with Gasteiger partial charge in [0.25, 0.3) is 10.0 Å². The van der Waals surface area contributed by atoms with Crippen molar-refractivity contribution in [2.24, 2.45) is 0 Å². The van der Waals surface area contributed by atoms with Gasteiger partial charge in [-0.1, -0.05) is 6.92 Å². The van der Waals surface area contributed by atoms with E-state index in [0.717, 1.165) is 13.0 Å². The Kier molecular flexibility index (Phi) is 5.09. The predicted octanol–water partition coefficient (Wildman–Crippen LogP) is 1.52. The fraction of sp³-hybridized carbons (Fsp3) is 0.667. The van der Waals surface area contributed by atoms with Crippen molar-refractivity contribution in [3.8, 4) is 6.07 Å². The molecule has 0 saturated heterocycles. The summed E-state index contributed by atoms with van der Waals surface area (Å²) in [6.45, 7) is 6.25. The van der Waals surface area contributed by atoms with Crippen molar-refractivity contribution in [2.75, 3.05) is 7.05 Å². The van der Waals surface area contributed by atoms with Gasteiger partial charge in [0.1, 0.15) is 5.82 Å². The molecule has 1 atom stereocenters. The second-order valence-electron chi connectivity index (χ2n) is 4.55. The molecule has 0 aliphatic rings. The number of aryl methyl sites for hydroxylation is 2. The van der Waals surface area contributed by atoms with Gasteiger partial charge < -0.3 is 4.57 Å². The molecule has 1 unspecified atom stereocenters. The number of rotatable bonds is 6. The maximum Gasteiger partial charge on any atom is 0.262 e. The Hall–Kier alpha value is -1.39. The Morgan fingerprint density at radius 2 is 2.21 bits per heavy atom. The summed E-state index contributed by atoms with van der Waals surface area (Å²) in [5, 5.41) is 8.70. The average Bonchev–Trinajstić information content (AvgIpc) is 2.71. The van der Waals surface area contributed by atoms with Crippen LogP contribution in [-0.4, -0.2) is 35.4 Å². The Morgan fingerprint density at radius 3 is 2.74 bits per heavy atom. The Morgan fingerprint density at radius 1 is 1.58 bits per heavy atom. The molecular weight excluding hydrogens is 264 g/mol. The molecule has 0 bridgehead atoms. The van der Waals surface area contributed by atoms with E-state index in [1.807, 2.05) is 17.6 Å². The summed E-state index contributed by atoms with van der Waals surface area (Å²) < 4.78 is 27.7. The minimum atomic E-state index is -3.63. The number of nitrogens with zero attached hydrogens (tertiary/aromatic N) is 4. The Balaban J connectivity index is 3.07. The van der Waals surface area contributed by atoms with Crippen molar-refractivity contribution >= 4 is 10.0 Å². The van der Waals surface area contributed by atoms with Gasteiger partial charge >= 0.3 is 0 Å². The van der Waals surface area contributed by atoms with Gasteiger partial charge in [-0.2, -0.15) is 9.57 Å². The van der Waals surface area contributed by atoms with E-state index in [1.165, 1.54) is 11.4 Å². The zero-order chi connectivity index (χ0) is 14.6. The predicted molar refractivity (Wildman–Crippen MR) is 71.9 cm³/mol. The molecule has 6 nitrogen and oxygen atoms in total. The fourth-order valence-corrected chi connectivity index (χ4v) is 3.07. The van der Waals surface area contributed by atoms with Gasteiger partial charge in [-0.25, -0.2) is 13.4 Å². The van der Waals surface area contributed by atoms with Crippen LogP contribution in [0.4, 0.5) is 0 Å². The number of hydrogen-bond acceptors (Lipinski definition) is 4. The summed E-state index contributed by atoms with van der Waals surface area (Å²) in [5.74, 6) is 0.682. The van der Waals surface area contributed by atoms with Crippen molar-refractivity contribution < 1.29 is 8.42 Å². The summed E-state index contributed by atoms with van der Waals surface area (Å²) in [7, 11) is -2.15. The van der Waals surface area contributed by atoms with Crippen LogP contribution in [0, 0.1) is 18.3 Å². The van der Waals surface area contributed by atoms with Crippen LogP contribution in [0.5, 0.6) is 0 Å². The van der Waals surface area contributed by atoms with Gasteiger partial charge in [0.05, 0.1) is 12.5 Å². The molecule has 1 rings (SSSR count). The number of sulfonamides is 1. The van der Waals surface area contributed by atoms with E-state index in [-0.39, 0.29) is 17.5 Å². The van der Waals surface area contributed by atoms with Crippen LogP contribution in [0.2, 0.25) is 0 Å². The van der Waals surface area contributed by atoms with Gasteiger partial charge in [-0.05, 0) is 20.3 Å². The molecule has 0 spiro atoms. The van der Waals surface area contributed by atoms with E-state index in [1.54, 1.807) is 20.0 Å². The highest BCUT2D eigenvalue weighted by Crippen LogP contribution is 2.17. The van der Waals surface area contributed by atoms with E-state index in [9.17, 15) is 8.42 Å². The first-order chi connectivity index (χ1) is 8.84. The monoisotopic (exact) mass is 284 g/mol. The van der Waals surface area contributed by atoms with Crippen LogP contribution < -0.4 is 0 Å². The lowest BCUT2D eigenvalue weighted by Gasteiger charge is -2.20. The number of aromatic nitrogens is 2. The molecule has 0 N–H and O–H groups in total. The Bertz CT molecular complexity index is 571. The van der Waals surface area contributed by atoms with Crippen molar-refractivity contribution in [1.29, 1.82) is 5.26 Å². The van der Waals surface area contributed by atoms with Gasteiger partial charge in [0.2, 0.25) is 0 Å². The maximum atomic E-state index is 12.4. The molecule has 1 aromatic heterocycles. The van der Waals surface area contributed by atoms with Crippen LogP contribution >= 0.6 is 0 Å². The van der Waals surface area contributed by atoms with Crippen LogP contribution in [0.25, 0.3) is 0 Å². The van der Waals surface area contributed by atoms with E-state index < -0.39 is 10.0 Å². The molecular formula is C12H20N4O2S. The third-order valence-electron chi connectivity index (χ3n) is 3.07. The minimum absolute atomic E-state index is 0.0470. The van der Waals surface area contributed by atoms with Crippen molar-refractivity contribution in [1.82, 2.24) is 13.9 Å². The van der Waals surface area contributed by atoms with E-state index in [2.05, 4.69) is 4.98 Å². The summed E-state index contributed by atoms with van der Waals surface area (Å²) in [6, 6.07) is 1.61. The standard InChI is InChI=1S/C12H20N4O2S/c1-5-8-16-9-12(14-11(16)3)19(17,18)15(4)10(2)6-7-13/h9-10H,5-6,8H2,1-4H3. The topological polar surface area (TPSA) is 79.0 Å². The zero-order valence-electron chi connectivity index (χ0n) is 11.8. The van der Waals surface area contributed by atoms with Crippen molar-refractivity contribution in [3.63, 3.8) is 0 Å². The van der Waals surface area contributed by atoms with Gasteiger partial charge in [0.15, 0.2) is 5.03 Å². The first kappa shape index (κ1) is 15.7. The molecule has 0 aliphatic carbocycles. The lowest BCUT2D eigenvalue weighted by molar-refractivity contribution is 0.391.